The number of amides is 2. The maximum Gasteiger partial charge on any atom is 0.325 e. The fourth-order valence-electron chi connectivity index (χ4n) is 2.25. The van der Waals surface area contributed by atoms with Crippen molar-refractivity contribution in [1.82, 2.24) is 10.2 Å². The molecule has 1 N–H and O–H groups in total. The molecule has 1 aliphatic heterocycles. The third-order valence-electron chi connectivity index (χ3n) is 3.45. The Morgan fingerprint density at radius 2 is 1.91 bits per heavy atom. The second-order valence-electron chi connectivity index (χ2n) is 5.12. The molecular weight excluding hydrogens is 288 g/mol. The third-order valence-corrected chi connectivity index (χ3v) is 3.45. The normalized spacial score (nSPS) is 15.0. The van der Waals surface area contributed by atoms with Crippen molar-refractivity contribution in [2.75, 3.05) is 26.2 Å². The number of nitrogens with one attached hydrogen (secondary N) is 1. The van der Waals surface area contributed by atoms with Crippen LogP contribution in [-0.2, 0) is 14.3 Å². The van der Waals surface area contributed by atoms with Crippen molar-refractivity contribution in [2.24, 2.45) is 0 Å². The molecule has 0 aromatic carbocycles. The summed E-state index contributed by atoms with van der Waals surface area (Å²) in [6, 6.07) is 3.07. The standard InChI is InChI=1S/C15H20N2O5/c18-13(17-7-3-1-2-4-8-17)11-22-14(19)10-16-15(20)12-6-5-9-21-12/h5-6,9H,1-4,7-8,10-11H2,(H,16,20). The number of rotatable bonds is 5. The monoisotopic (exact) mass is 308 g/mol. The maximum atomic E-state index is 11.9. The minimum Gasteiger partial charge on any atom is -0.459 e. The van der Waals surface area contributed by atoms with Crippen molar-refractivity contribution >= 4 is 17.8 Å². The van der Waals surface area contributed by atoms with Gasteiger partial charge in [-0.1, -0.05) is 12.8 Å². The quantitative estimate of drug-likeness (QED) is 0.818. The van der Waals surface area contributed by atoms with E-state index in [1.54, 1.807) is 11.0 Å². The van der Waals surface area contributed by atoms with E-state index in [0.29, 0.717) is 13.1 Å². The van der Waals surface area contributed by atoms with Gasteiger partial charge < -0.3 is 19.4 Å². The molecular formula is C15H20N2O5. The van der Waals surface area contributed by atoms with Crippen molar-refractivity contribution in [3.63, 3.8) is 0 Å². The van der Waals surface area contributed by atoms with Crippen LogP contribution >= 0.6 is 0 Å². The van der Waals surface area contributed by atoms with Crippen LogP contribution in [0.5, 0.6) is 0 Å². The molecule has 2 heterocycles. The van der Waals surface area contributed by atoms with Crippen molar-refractivity contribution < 1.29 is 23.5 Å². The van der Waals surface area contributed by atoms with Crippen molar-refractivity contribution in [1.29, 1.82) is 0 Å². The number of ether oxygens (including phenoxy) is 1. The summed E-state index contributed by atoms with van der Waals surface area (Å²) in [7, 11) is 0. The van der Waals surface area contributed by atoms with Gasteiger partial charge >= 0.3 is 5.97 Å². The molecule has 0 aliphatic carbocycles. The van der Waals surface area contributed by atoms with Gasteiger partial charge in [0.05, 0.1) is 6.26 Å². The predicted octanol–water partition coefficient (Wildman–Crippen LogP) is 0.955. The molecule has 0 bridgehead atoms. The van der Waals surface area contributed by atoms with Crippen LogP contribution in [0.4, 0.5) is 0 Å². The fraction of sp³-hybridized carbons (Fsp3) is 0.533. The second-order valence-corrected chi connectivity index (χ2v) is 5.12. The average Bonchev–Trinajstić information content (AvgIpc) is 2.92. The highest BCUT2D eigenvalue weighted by atomic mass is 16.5. The smallest absolute Gasteiger partial charge is 0.325 e. The molecule has 0 saturated carbocycles. The zero-order valence-corrected chi connectivity index (χ0v) is 12.4. The van der Waals surface area contributed by atoms with Gasteiger partial charge in [0, 0.05) is 13.1 Å². The van der Waals surface area contributed by atoms with E-state index in [2.05, 4.69) is 5.32 Å². The molecule has 0 spiro atoms. The summed E-state index contributed by atoms with van der Waals surface area (Å²) in [5, 5.41) is 2.37. The zero-order chi connectivity index (χ0) is 15.8. The lowest BCUT2D eigenvalue weighted by Gasteiger charge is -2.19. The molecule has 1 aromatic heterocycles. The Morgan fingerprint density at radius 1 is 1.18 bits per heavy atom. The maximum absolute atomic E-state index is 11.9. The summed E-state index contributed by atoms with van der Waals surface area (Å²) in [4.78, 5) is 36.7. The summed E-state index contributed by atoms with van der Waals surface area (Å²) < 4.78 is 9.78. The van der Waals surface area contributed by atoms with Crippen LogP contribution in [0.25, 0.3) is 0 Å². The highest BCUT2D eigenvalue weighted by Gasteiger charge is 2.17. The van der Waals surface area contributed by atoms with Crippen molar-refractivity contribution in [2.45, 2.75) is 25.7 Å². The summed E-state index contributed by atoms with van der Waals surface area (Å²) in [5.41, 5.74) is 0. The van der Waals surface area contributed by atoms with E-state index in [1.807, 2.05) is 0 Å². The summed E-state index contributed by atoms with van der Waals surface area (Å²) in [6.07, 6.45) is 5.59. The van der Waals surface area contributed by atoms with Crippen molar-refractivity contribution in [3.05, 3.63) is 24.2 Å². The van der Waals surface area contributed by atoms with Gasteiger partial charge in [0.2, 0.25) is 0 Å². The molecule has 0 unspecified atom stereocenters. The fourth-order valence-corrected chi connectivity index (χ4v) is 2.25. The number of esters is 1. The molecule has 0 atom stereocenters. The second kappa shape index (κ2) is 8.21. The number of hydrogen-bond acceptors (Lipinski definition) is 5. The van der Waals surface area contributed by atoms with Gasteiger partial charge in [-0.15, -0.1) is 0 Å². The lowest BCUT2D eigenvalue weighted by Crippen LogP contribution is -2.37. The molecule has 2 amide bonds. The first-order valence-electron chi connectivity index (χ1n) is 7.42. The van der Waals surface area contributed by atoms with Crippen LogP contribution in [0, 0.1) is 0 Å². The Hall–Kier alpha value is -2.31. The van der Waals surface area contributed by atoms with Crippen LogP contribution in [-0.4, -0.2) is 48.9 Å². The van der Waals surface area contributed by atoms with Crippen LogP contribution in [0.2, 0.25) is 0 Å². The molecule has 2 rings (SSSR count). The van der Waals surface area contributed by atoms with E-state index < -0.39 is 11.9 Å². The van der Waals surface area contributed by atoms with E-state index >= 15 is 0 Å². The van der Waals surface area contributed by atoms with Crippen molar-refractivity contribution in [3.8, 4) is 0 Å². The van der Waals surface area contributed by atoms with Gasteiger partial charge in [-0.3, -0.25) is 14.4 Å². The van der Waals surface area contributed by atoms with Crippen LogP contribution in [0.1, 0.15) is 36.2 Å². The van der Waals surface area contributed by atoms with Crippen LogP contribution in [0.15, 0.2) is 22.8 Å². The van der Waals surface area contributed by atoms with E-state index in [4.69, 9.17) is 9.15 Å². The van der Waals surface area contributed by atoms with E-state index in [9.17, 15) is 14.4 Å². The molecule has 120 valence electrons. The Morgan fingerprint density at radius 3 is 2.55 bits per heavy atom. The Kier molecular flexibility index (Phi) is 6.00. The molecule has 1 fully saturated rings. The number of carbonyl (C=O) groups excluding carboxylic acids is 3. The highest BCUT2D eigenvalue weighted by Crippen LogP contribution is 2.09. The largest absolute Gasteiger partial charge is 0.459 e. The van der Waals surface area contributed by atoms with Gasteiger partial charge in [0.15, 0.2) is 12.4 Å². The summed E-state index contributed by atoms with van der Waals surface area (Å²) in [6.45, 7) is 0.847. The van der Waals surface area contributed by atoms with Gasteiger partial charge in [-0.05, 0) is 25.0 Å². The number of carbonyl (C=O) groups is 3. The summed E-state index contributed by atoms with van der Waals surface area (Å²) in [5.74, 6) is -1.22. The lowest BCUT2D eigenvalue weighted by molar-refractivity contribution is -0.151. The summed E-state index contributed by atoms with van der Waals surface area (Å²) >= 11 is 0. The van der Waals surface area contributed by atoms with Gasteiger partial charge in [-0.2, -0.15) is 0 Å². The first-order valence-corrected chi connectivity index (χ1v) is 7.42. The van der Waals surface area contributed by atoms with Gasteiger partial charge in [0.25, 0.3) is 11.8 Å². The lowest BCUT2D eigenvalue weighted by atomic mass is 10.2. The Bertz CT molecular complexity index is 504. The van der Waals surface area contributed by atoms with Gasteiger partial charge in [-0.25, -0.2) is 0 Å². The molecule has 0 radical (unpaired) electrons. The SMILES string of the molecule is O=C(CNC(=O)c1ccco1)OCC(=O)N1CCCCCC1. The molecule has 7 nitrogen and oxygen atoms in total. The first kappa shape index (κ1) is 16.1. The number of hydrogen-bond donors (Lipinski definition) is 1. The van der Waals surface area contributed by atoms with Crippen LogP contribution in [0.3, 0.4) is 0 Å². The molecule has 1 aromatic rings. The van der Waals surface area contributed by atoms with E-state index in [0.717, 1.165) is 25.7 Å². The molecule has 22 heavy (non-hydrogen) atoms. The third kappa shape index (κ3) is 4.91. The minimum atomic E-state index is -0.650. The van der Waals surface area contributed by atoms with Crippen LogP contribution < -0.4 is 5.32 Å². The molecule has 1 aliphatic rings. The average molecular weight is 308 g/mol. The number of furan rings is 1. The Labute approximate surface area is 128 Å². The van der Waals surface area contributed by atoms with E-state index in [-0.39, 0.29) is 24.8 Å². The Balaban J connectivity index is 1.66. The molecule has 7 heteroatoms. The minimum absolute atomic E-state index is 0.119. The molecule has 1 saturated heterocycles. The first-order chi connectivity index (χ1) is 10.7. The number of likely N-dealkylation sites (tertiary alicyclic amines) is 1. The van der Waals surface area contributed by atoms with E-state index in [1.165, 1.54) is 12.3 Å². The van der Waals surface area contributed by atoms with Gasteiger partial charge in [0.1, 0.15) is 6.54 Å². The topological polar surface area (TPSA) is 88.9 Å². The predicted molar refractivity (Wildman–Crippen MR) is 77.0 cm³/mol. The zero-order valence-electron chi connectivity index (χ0n) is 12.4. The number of nitrogens with zero attached hydrogens (tertiary/aromatic N) is 1. The highest BCUT2D eigenvalue weighted by molar-refractivity contribution is 5.93.